The fourth-order valence-corrected chi connectivity index (χ4v) is 0.992. The van der Waals surface area contributed by atoms with Gasteiger partial charge < -0.3 is 9.67 Å². The van der Waals surface area contributed by atoms with Crippen molar-refractivity contribution in [1.82, 2.24) is 4.57 Å². The molecule has 0 atom stereocenters. The van der Waals surface area contributed by atoms with Crippen LogP contribution in [0.2, 0.25) is 0 Å². The van der Waals surface area contributed by atoms with Gasteiger partial charge in [-0.05, 0) is 0 Å². The molecule has 0 aliphatic rings. The molecule has 1 rings (SSSR count). The van der Waals surface area contributed by atoms with Crippen LogP contribution in [0.25, 0.3) is 0 Å². The monoisotopic (exact) mass is 221 g/mol. The molecule has 0 saturated heterocycles. The molecule has 0 spiro atoms. The molecule has 4 nitrogen and oxygen atoms in total. The molecular weight excluding hydrogens is 215 g/mol. The number of rotatable bonds is 2. The van der Waals surface area contributed by atoms with E-state index in [0.717, 1.165) is 12.3 Å². The van der Waals surface area contributed by atoms with Crippen molar-refractivity contribution >= 4 is 5.97 Å². The van der Waals surface area contributed by atoms with Crippen LogP contribution in [0.3, 0.4) is 0 Å². The molecule has 1 N–H and O–H groups in total. The van der Waals surface area contributed by atoms with Crippen LogP contribution < -0.4 is 5.43 Å². The standard InChI is InChI=1S/C8H6F3NO3/c9-8(10,11)4-12-2-1-6(13)5(3-12)7(14)15/h1-3H,4H2,(H,14,15). The molecular formula is C8H6F3NO3. The Balaban J connectivity index is 3.09. The van der Waals surface area contributed by atoms with E-state index in [1.165, 1.54) is 0 Å². The van der Waals surface area contributed by atoms with Crippen molar-refractivity contribution in [3.05, 3.63) is 34.2 Å². The number of carboxylic acids is 1. The molecule has 0 amide bonds. The third-order valence-corrected chi connectivity index (χ3v) is 1.57. The summed E-state index contributed by atoms with van der Waals surface area (Å²) < 4.78 is 36.4. The Hall–Kier alpha value is -1.79. The van der Waals surface area contributed by atoms with Crippen LogP contribution in [0, 0.1) is 0 Å². The second-order valence-electron chi connectivity index (χ2n) is 2.82. The molecule has 0 radical (unpaired) electrons. The number of hydrogen-bond donors (Lipinski definition) is 1. The van der Waals surface area contributed by atoms with Gasteiger partial charge in [-0.15, -0.1) is 0 Å². The minimum Gasteiger partial charge on any atom is -0.477 e. The summed E-state index contributed by atoms with van der Waals surface area (Å²) in [4.78, 5) is 21.3. The van der Waals surface area contributed by atoms with Gasteiger partial charge in [-0.25, -0.2) is 4.79 Å². The number of alkyl halides is 3. The van der Waals surface area contributed by atoms with E-state index < -0.39 is 29.7 Å². The van der Waals surface area contributed by atoms with Crippen LogP contribution in [0.15, 0.2) is 23.3 Å². The first kappa shape index (κ1) is 11.3. The maximum Gasteiger partial charge on any atom is 0.406 e. The van der Waals surface area contributed by atoms with Crippen molar-refractivity contribution < 1.29 is 23.1 Å². The highest BCUT2D eigenvalue weighted by Gasteiger charge is 2.27. The van der Waals surface area contributed by atoms with Gasteiger partial charge in [0.2, 0.25) is 0 Å². The van der Waals surface area contributed by atoms with Gasteiger partial charge in [0.25, 0.3) is 0 Å². The Morgan fingerprint density at radius 2 is 2.07 bits per heavy atom. The molecule has 0 saturated carbocycles. The molecule has 0 bridgehead atoms. The lowest BCUT2D eigenvalue weighted by atomic mass is 10.3. The number of halogens is 3. The fraction of sp³-hybridized carbons (Fsp3) is 0.250. The first-order valence-electron chi connectivity index (χ1n) is 3.80. The summed E-state index contributed by atoms with van der Waals surface area (Å²) in [7, 11) is 0. The van der Waals surface area contributed by atoms with Crippen molar-refractivity contribution in [2.75, 3.05) is 0 Å². The molecule has 1 aromatic heterocycles. The lowest BCUT2D eigenvalue weighted by Gasteiger charge is -2.09. The summed E-state index contributed by atoms with van der Waals surface area (Å²) in [5.41, 5.74) is -1.50. The fourth-order valence-electron chi connectivity index (χ4n) is 0.992. The summed E-state index contributed by atoms with van der Waals surface area (Å²) in [6, 6.07) is 0.787. The van der Waals surface area contributed by atoms with Gasteiger partial charge in [0.15, 0.2) is 5.43 Å². The van der Waals surface area contributed by atoms with Crippen LogP contribution >= 0.6 is 0 Å². The second-order valence-corrected chi connectivity index (χ2v) is 2.82. The molecule has 82 valence electrons. The number of pyridine rings is 1. The van der Waals surface area contributed by atoms with E-state index in [9.17, 15) is 22.8 Å². The Labute approximate surface area is 81.6 Å². The van der Waals surface area contributed by atoms with Gasteiger partial charge >= 0.3 is 12.1 Å². The minimum atomic E-state index is -4.45. The number of nitrogens with zero attached hydrogens (tertiary/aromatic N) is 1. The zero-order chi connectivity index (χ0) is 11.6. The lowest BCUT2D eigenvalue weighted by molar-refractivity contribution is -0.140. The van der Waals surface area contributed by atoms with Gasteiger partial charge in [0, 0.05) is 18.5 Å². The van der Waals surface area contributed by atoms with Gasteiger partial charge in [-0.2, -0.15) is 13.2 Å². The summed E-state index contributed by atoms with van der Waals surface area (Å²) in [5, 5.41) is 8.49. The van der Waals surface area contributed by atoms with Gasteiger partial charge in [-0.3, -0.25) is 4.79 Å². The summed E-state index contributed by atoms with van der Waals surface area (Å²) in [6.07, 6.45) is -2.90. The summed E-state index contributed by atoms with van der Waals surface area (Å²) in [5.74, 6) is -1.54. The smallest absolute Gasteiger partial charge is 0.406 e. The first-order valence-corrected chi connectivity index (χ1v) is 3.80. The van der Waals surface area contributed by atoms with Crippen molar-refractivity contribution in [3.8, 4) is 0 Å². The molecule has 0 fully saturated rings. The minimum absolute atomic E-state index is 0.602. The zero-order valence-corrected chi connectivity index (χ0v) is 7.28. The quantitative estimate of drug-likeness (QED) is 0.813. The average Bonchev–Trinajstić information content (AvgIpc) is 2.05. The van der Waals surface area contributed by atoms with E-state index in [-0.39, 0.29) is 0 Å². The van der Waals surface area contributed by atoms with Crippen molar-refractivity contribution in [2.45, 2.75) is 12.7 Å². The number of carboxylic acid groups (broad SMARTS) is 1. The molecule has 7 heteroatoms. The highest BCUT2D eigenvalue weighted by molar-refractivity contribution is 5.86. The SMILES string of the molecule is O=C(O)c1cn(CC(F)(F)F)ccc1=O. The Kier molecular flexibility index (Phi) is 2.83. The molecule has 0 aliphatic carbocycles. The molecule has 0 unspecified atom stereocenters. The highest BCUT2D eigenvalue weighted by atomic mass is 19.4. The number of carbonyl (C=O) groups is 1. The van der Waals surface area contributed by atoms with Crippen LogP contribution in [-0.4, -0.2) is 21.8 Å². The molecule has 15 heavy (non-hydrogen) atoms. The Morgan fingerprint density at radius 1 is 1.47 bits per heavy atom. The molecule has 1 aromatic rings. The second kappa shape index (κ2) is 3.76. The largest absolute Gasteiger partial charge is 0.477 e. The van der Waals surface area contributed by atoms with Crippen molar-refractivity contribution in [1.29, 1.82) is 0 Å². The maximum absolute atomic E-state index is 11.9. The van der Waals surface area contributed by atoms with Crippen molar-refractivity contribution in [2.24, 2.45) is 0 Å². The topological polar surface area (TPSA) is 59.3 Å². The first-order chi connectivity index (χ1) is 6.79. The molecule has 0 aliphatic heterocycles. The third-order valence-electron chi connectivity index (χ3n) is 1.57. The third kappa shape index (κ3) is 3.12. The zero-order valence-electron chi connectivity index (χ0n) is 7.28. The van der Waals surface area contributed by atoms with Crippen LogP contribution in [0.5, 0.6) is 0 Å². The van der Waals surface area contributed by atoms with Crippen LogP contribution in [0.4, 0.5) is 13.2 Å². The van der Waals surface area contributed by atoms with E-state index in [1.54, 1.807) is 0 Å². The van der Waals surface area contributed by atoms with Crippen molar-refractivity contribution in [3.63, 3.8) is 0 Å². The number of hydrogen-bond acceptors (Lipinski definition) is 2. The van der Waals surface area contributed by atoms with E-state index in [4.69, 9.17) is 5.11 Å². The predicted molar refractivity (Wildman–Crippen MR) is 43.7 cm³/mol. The lowest BCUT2D eigenvalue weighted by Crippen LogP contribution is -2.22. The van der Waals surface area contributed by atoms with E-state index in [0.29, 0.717) is 10.8 Å². The van der Waals surface area contributed by atoms with Crippen LogP contribution in [0.1, 0.15) is 10.4 Å². The number of aromatic nitrogens is 1. The summed E-state index contributed by atoms with van der Waals surface area (Å²) >= 11 is 0. The van der Waals surface area contributed by atoms with Gasteiger partial charge in [-0.1, -0.05) is 0 Å². The molecule has 0 aromatic carbocycles. The predicted octanol–water partition coefficient (Wildman–Crippen LogP) is 1.11. The Bertz CT molecular complexity index is 435. The van der Waals surface area contributed by atoms with E-state index in [2.05, 4.69) is 0 Å². The normalized spacial score (nSPS) is 11.4. The molecule has 1 heterocycles. The van der Waals surface area contributed by atoms with E-state index >= 15 is 0 Å². The Morgan fingerprint density at radius 3 is 2.53 bits per heavy atom. The highest BCUT2D eigenvalue weighted by Crippen LogP contribution is 2.16. The maximum atomic E-state index is 11.9. The summed E-state index contributed by atoms with van der Waals surface area (Å²) in [6.45, 7) is -1.33. The van der Waals surface area contributed by atoms with Gasteiger partial charge in [0.1, 0.15) is 12.1 Å². The van der Waals surface area contributed by atoms with Gasteiger partial charge in [0.05, 0.1) is 0 Å². The average molecular weight is 221 g/mol. The van der Waals surface area contributed by atoms with E-state index in [1.807, 2.05) is 0 Å². The van der Waals surface area contributed by atoms with Crippen LogP contribution in [-0.2, 0) is 6.54 Å². The number of aromatic carboxylic acids is 1.